The van der Waals surface area contributed by atoms with Crippen molar-refractivity contribution < 1.29 is 18.7 Å². The van der Waals surface area contributed by atoms with E-state index in [4.69, 9.17) is 9.15 Å². The van der Waals surface area contributed by atoms with Crippen molar-refractivity contribution in [2.45, 2.75) is 19.8 Å². The highest BCUT2D eigenvalue weighted by atomic mass is 16.5. The van der Waals surface area contributed by atoms with Gasteiger partial charge < -0.3 is 19.4 Å². The van der Waals surface area contributed by atoms with Crippen LogP contribution in [-0.4, -0.2) is 43.5 Å². The summed E-state index contributed by atoms with van der Waals surface area (Å²) in [5.41, 5.74) is 1.01. The molecule has 3 rings (SSSR count). The molecule has 1 aliphatic heterocycles. The van der Waals surface area contributed by atoms with E-state index in [1.165, 1.54) is 7.11 Å². The number of benzene rings is 1. The van der Waals surface area contributed by atoms with Crippen molar-refractivity contribution in [3.63, 3.8) is 0 Å². The van der Waals surface area contributed by atoms with E-state index in [1.54, 1.807) is 11.0 Å². The molecule has 0 bridgehead atoms. The van der Waals surface area contributed by atoms with Gasteiger partial charge in [0.25, 0.3) is 5.91 Å². The number of nitrogens with zero attached hydrogens (tertiary/aromatic N) is 1. The van der Waals surface area contributed by atoms with Gasteiger partial charge in [0.05, 0.1) is 0 Å². The number of fused-ring (bicyclic) bond motifs is 1. The molecule has 1 aromatic carbocycles. The second-order valence-electron chi connectivity index (χ2n) is 6.26. The van der Waals surface area contributed by atoms with Crippen molar-refractivity contribution in [2.24, 2.45) is 5.92 Å². The Kier molecular flexibility index (Phi) is 4.85. The first-order chi connectivity index (χ1) is 11.6. The van der Waals surface area contributed by atoms with Crippen LogP contribution in [0.5, 0.6) is 0 Å². The smallest absolute Gasteiger partial charge is 0.291 e. The van der Waals surface area contributed by atoms with E-state index < -0.39 is 0 Å². The molecule has 0 atom stereocenters. The van der Waals surface area contributed by atoms with Gasteiger partial charge >= 0.3 is 0 Å². The van der Waals surface area contributed by atoms with Crippen LogP contribution in [-0.2, 0) is 9.53 Å². The van der Waals surface area contributed by atoms with Gasteiger partial charge in [0.1, 0.15) is 17.9 Å². The molecule has 2 aromatic rings. The molecule has 1 aliphatic rings. The van der Waals surface area contributed by atoms with Gasteiger partial charge in [-0.25, -0.2) is 0 Å². The van der Waals surface area contributed by atoms with Crippen LogP contribution in [0.2, 0.25) is 0 Å². The number of amides is 2. The Morgan fingerprint density at radius 1 is 1.29 bits per heavy atom. The first-order valence-electron chi connectivity index (χ1n) is 8.19. The lowest BCUT2D eigenvalue weighted by atomic mass is 9.99. The second kappa shape index (κ2) is 7.05. The fourth-order valence-electron chi connectivity index (χ4n) is 2.98. The first-order valence-corrected chi connectivity index (χ1v) is 8.19. The maximum atomic E-state index is 12.9. The molecule has 0 unspecified atom stereocenters. The first kappa shape index (κ1) is 16.5. The fourth-order valence-corrected chi connectivity index (χ4v) is 2.98. The minimum atomic E-state index is -0.314. The lowest BCUT2D eigenvalue weighted by Gasteiger charge is -2.29. The molecule has 1 N–H and O–H groups in total. The van der Waals surface area contributed by atoms with E-state index in [2.05, 4.69) is 12.2 Å². The van der Waals surface area contributed by atoms with Crippen molar-refractivity contribution in [1.82, 2.24) is 4.90 Å². The van der Waals surface area contributed by atoms with Crippen LogP contribution in [0.1, 0.15) is 30.3 Å². The third kappa shape index (κ3) is 3.28. The van der Waals surface area contributed by atoms with Crippen molar-refractivity contribution in [3.05, 3.63) is 30.0 Å². The average Bonchev–Trinajstić information content (AvgIpc) is 2.94. The summed E-state index contributed by atoms with van der Waals surface area (Å²) >= 11 is 0. The molecule has 6 nitrogen and oxygen atoms in total. The van der Waals surface area contributed by atoms with E-state index in [9.17, 15) is 9.59 Å². The fraction of sp³-hybridized carbons (Fsp3) is 0.444. The number of likely N-dealkylation sites (tertiary alicyclic amines) is 1. The van der Waals surface area contributed by atoms with Gasteiger partial charge in [-0.15, -0.1) is 0 Å². The molecular formula is C18H22N2O4. The number of hydrogen-bond donors (Lipinski definition) is 1. The van der Waals surface area contributed by atoms with Crippen molar-refractivity contribution in [2.75, 3.05) is 32.1 Å². The van der Waals surface area contributed by atoms with Gasteiger partial charge in [0, 0.05) is 25.6 Å². The molecule has 1 fully saturated rings. The lowest BCUT2D eigenvalue weighted by molar-refractivity contribution is -0.119. The van der Waals surface area contributed by atoms with Crippen molar-refractivity contribution in [3.8, 4) is 0 Å². The number of anilines is 1. The number of carbonyl (C=O) groups excluding carboxylic acids is 2. The van der Waals surface area contributed by atoms with Gasteiger partial charge in [-0.2, -0.15) is 0 Å². The minimum absolute atomic E-state index is 0.0750. The maximum absolute atomic E-state index is 12.9. The number of nitrogens with one attached hydrogen (secondary N) is 1. The Morgan fingerprint density at radius 3 is 2.71 bits per heavy atom. The molecule has 1 saturated heterocycles. The number of para-hydroxylation sites is 1. The zero-order chi connectivity index (χ0) is 17.1. The number of hydrogen-bond acceptors (Lipinski definition) is 4. The molecular weight excluding hydrogens is 308 g/mol. The normalized spacial score (nSPS) is 15.7. The van der Waals surface area contributed by atoms with E-state index in [0.717, 1.165) is 18.2 Å². The standard InChI is InChI=1S/C18H22N2O4/c1-12-7-9-20(10-8-12)18(22)17-16(19-15(21)11-23-2)13-5-3-4-6-14(13)24-17/h3-6,12H,7-11H2,1-2H3,(H,19,21). The van der Waals surface area contributed by atoms with E-state index in [0.29, 0.717) is 30.3 Å². The zero-order valence-corrected chi connectivity index (χ0v) is 14.0. The molecule has 2 amide bonds. The third-order valence-corrected chi connectivity index (χ3v) is 4.40. The number of piperidine rings is 1. The Morgan fingerprint density at radius 2 is 2.00 bits per heavy atom. The molecule has 1 aromatic heterocycles. The molecule has 24 heavy (non-hydrogen) atoms. The Bertz CT molecular complexity index is 745. The van der Waals surface area contributed by atoms with Crippen LogP contribution >= 0.6 is 0 Å². The van der Waals surface area contributed by atoms with Crippen LogP contribution in [0.4, 0.5) is 5.69 Å². The van der Waals surface area contributed by atoms with Crippen LogP contribution < -0.4 is 5.32 Å². The third-order valence-electron chi connectivity index (χ3n) is 4.40. The topological polar surface area (TPSA) is 71.8 Å². The quantitative estimate of drug-likeness (QED) is 0.935. The van der Waals surface area contributed by atoms with Gasteiger partial charge in [-0.05, 0) is 30.9 Å². The molecule has 0 saturated carbocycles. The minimum Gasteiger partial charge on any atom is -0.449 e. The molecule has 0 spiro atoms. The summed E-state index contributed by atoms with van der Waals surface area (Å²) in [7, 11) is 1.45. The monoisotopic (exact) mass is 330 g/mol. The molecule has 6 heteroatoms. The van der Waals surface area contributed by atoms with E-state index in [-0.39, 0.29) is 24.2 Å². The average molecular weight is 330 g/mol. The molecule has 128 valence electrons. The number of methoxy groups -OCH3 is 1. The van der Waals surface area contributed by atoms with Gasteiger partial charge in [-0.3, -0.25) is 9.59 Å². The highest BCUT2D eigenvalue weighted by molar-refractivity contribution is 6.11. The van der Waals surface area contributed by atoms with Crippen molar-refractivity contribution >= 4 is 28.5 Å². The van der Waals surface area contributed by atoms with Crippen LogP contribution in [0, 0.1) is 5.92 Å². The highest BCUT2D eigenvalue weighted by Crippen LogP contribution is 2.32. The summed E-state index contributed by atoms with van der Waals surface area (Å²) in [5.74, 6) is 0.331. The summed E-state index contributed by atoms with van der Waals surface area (Å²) in [6, 6.07) is 7.30. The summed E-state index contributed by atoms with van der Waals surface area (Å²) in [5, 5.41) is 3.48. The van der Waals surface area contributed by atoms with Gasteiger partial charge in [-0.1, -0.05) is 19.1 Å². The zero-order valence-electron chi connectivity index (χ0n) is 14.0. The Balaban J connectivity index is 1.93. The summed E-state index contributed by atoms with van der Waals surface area (Å²) in [6.07, 6.45) is 1.97. The van der Waals surface area contributed by atoms with Crippen molar-refractivity contribution in [1.29, 1.82) is 0 Å². The van der Waals surface area contributed by atoms with Gasteiger partial charge in [0.2, 0.25) is 11.7 Å². The highest BCUT2D eigenvalue weighted by Gasteiger charge is 2.28. The summed E-state index contributed by atoms with van der Waals surface area (Å²) in [4.78, 5) is 26.6. The predicted molar refractivity (Wildman–Crippen MR) is 91.0 cm³/mol. The SMILES string of the molecule is COCC(=O)Nc1c(C(=O)N2CCC(C)CC2)oc2ccccc12. The summed E-state index contributed by atoms with van der Waals surface area (Å²) < 4.78 is 10.6. The second-order valence-corrected chi connectivity index (χ2v) is 6.26. The molecule has 0 aliphatic carbocycles. The lowest BCUT2D eigenvalue weighted by Crippen LogP contribution is -2.38. The van der Waals surface area contributed by atoms with Crippen LogP contribution in [0.15, 0.2) is 28.7 Å². The molecule has 0 radical (unpaired) electrons. The summed E-state index contributed by atoms with van der Waals surface area (Å²) in [6.45, 7) is 3.54. The number of furan rings is 1. The van der Waals surface area contributed by atoms with E-state index >= 15 is 0 Å². The predicted octanol–water partition coefficient (Wildman–Crippen LogP) is 2.89. The number of carbonyl (C=O) groups is 2. The Labute approximate surface area is 140 Å². The van der Waals surface area contributed by atoms with Gasteiger partial charge in [0.15, 0.2) is 0 Å². The van der Waals surface area contributed by atoms with E-state index in [1.807, 2.05) is 18.2 Å². The van der Waals surface area contributed by atoms with Crippen LogP contribution in [0.25, 0.3) is 11.0 Å². The largest absolute Gasteiger partial charge is 0.449 e. The number of rotatable bonds is 4. The maximum Gasteiger partial charge on any atom is 0.291 e. The number of ether oxygens (including phenoxy) is 1. The Hall–Kier alpha value is -2.34. The molecule has 2 heterocycles. The van der Waals surface area contributed by atoms with Crippen LogP contribution in [0.3, 0.4) is 0 Å².